The van der Waals surface area contributed by atoms with Crippen LogP contribution in [0.3, 0.4) is 0 Å². The van der Waals surface area contributed by atoms with Crippen molar-refractivity contribution in [1.82, 2.24) is 35.4 Å². The molecule has 0 aliphatic carbocycles. The predicted molar refractivity (Wildman–Crippen MR) is 111 cm³/mol. The van der Waals surface area contributed by atoms with Crippen LogP contribution in [-0.2, 0) is 13.0 Å². The molecule has 3 aromatic heterocycles. The lowest BCUT2D eigenvalue weighted by atomic mass is 10.3. The highest BCUT2D eigenvalue weighted by Gasteiger charge is 2.20. The van der Waals surface area contributed by atoms with Crippen molar-refractivity contribution in [3.8, 4) is 11.6 Å². The first-order valence-corrected chi connectivity index (χ1v) is 10.2. The Morgan fingerprint density at radius 2 is 2.07 bits per heavy atom. The van der Waals surface area contributed by atoms with Gasteiger partial charge in [-0.25, -0.2) is 0 Å². The summed E-state index contributed by atoms with van der Waals surface area (Å²) in [5.74, 6) is 1.99. The largest absolute Gasteiger partial charge is 0.364 e. The minimum absolute atomic E-state index is 0.435. The van der Waals surface area contributed by atoms with Gasteiger partial charge in [0.05, 0.1) is 5.69 Å². The van der Waals surface area contributed by atoms with Crippen LogP contribution in [0.1, 0.15) is 18.4 Å². The van der Waals surface area contributed by atoms with E-state index in [1.165, 1.54) is 0 Å². The third kappa shape index (κ3) is 5.20. The molecule has 3 aromatic rings. The standard InChI is InChI=1S/C20H26N8O2/c1-2-21-20(28-12-10-27(11-13-28)15-16-7-14-29-25-16)23-9-6-18-24-19(30-26-18)17-5-3-4-8-22-17/h3-5,7-8,14H,2,6,9-13,15H2,1H3,(H,21,23). The average Bonchev–Trinajstić information content (AvgIpc) is 3.47. The monoisotopic (exact) mass is 410 g/mol. The molecule has 0 saturated carbocycles. The summed E-state index contributed by atoms with van der Waals surface area (Å²) < 4.78 is 10.2. The Morgan fingerprint density at radius 1 is 1.17 bits per heavy atom. The summed E-state index contributed by atoms with van der Waals surface area (Å²) in [7, 11) is 0. The lowest BCUT2D eigenvalue weighted by molar-refractivity contribution is 0.169. The van der Waals surface area contributed by atoms with E-state index < -0.39 is 0 Å². The summed E-state index contributed by atoms with van der Waals surface area (Å²) in [4.78, 5) is 18.1. The van der Waals surface area contributed by atoms with Gasteiger partial charge in [-0.1, -0.05) is 16.4 Å². The van der Waals surface area contributed by atoms with Crippen molar-refractivity contribution in [3.05, 3.63) is 48.2 Å². The van der Waals surface area contributed by atoms with Gasteiger partial charge >= 0.3 is 0 Å². The number of guanidine groups is 1. The lowest BCUT2D eigenvalue weighted by Gasteiger charge is -2.36. The maximum absolute atomic E-state index is 5.31. The molecule has 10 heteroatoms. The van der Waals surface area contributed by atoms with Gasteiger partial charge in [-0.15, -0.1) is 0 Å². The lowest BCUT2D eigenvalue weighted by Crippen LogP contribution is -2.52. The predicted octanol–water partition coefficient (Wildman–Crippen LogP) is 1.45. The second-order valence-electron chi connectivity index (χ2n) is 6.97. The molecule has 4 rings (SSSR count). The van der Waals surface area contributed by atoms with E-state index in [4.69, 9.17) is 14.0 Å². The van der Waals surface area contributed by atoms with Crippen LogP contribution in [0, 0.1) is 0 Å². The fourth-order valence-electron chi connectivity index (χ4n) is 3.30. The number of hydrogen-bond donors (Lipinski definition) is 1. The highest BCUT2D eigenvalue weighted by molar-refractivity contribution is 5.80. The molecule has 1 saturated heterocycles. The van der Waals surface area contributed by atoms with Crippen LogP contribution in [0.25, 0.3) is 11.6 Å². The van der Waals surface area contributed by atoms with Crippen molar-refractivity contribution in [2.24, 2.45) is 4.99 Å². The van der Waals surface area contributed by atoms with Crippen LogP contribution in [0.15, 0.2) is 50.8 Å². The normalized spacial score (nSPS) is 15.5. The van der Waals surface area contributed by atoms with E-state index >= 15 is 0 Å². The van der Waals surface area contributed by atoms with Gasteiger partial charge in [-0.3, -0.25) is 14.9 Å². The minimum Gasteiger partial charge on any atom is -0.364 e. The molecule has 30 heavy (non-hydrogen) atoms. The molecule has 0 spiro atoms. The second-order valence-corrected chi connectivity index (χ2v) is 6.97. The van der Waals surface area contributed by atoms with Gasteiger partial charge in [0.2, 0.25) is 0 Å². The fraction of sp³-hybridized carbons (Fsp3) is 0.450. The van der Waals surface area contributed by atoms with Crippen molar-refractivity contribution < 1.29 is 9.05 Å². The zero-order chi connectivity index (χ0) is 20.6. The highest BCUT2D eigenvalue weighted by Crippen LogP contribution is 2.13. The maximum Gasteiger partial charge on any atom is 0.276 e. The third-order valence-corrected chi connectivity index (χ3v) is 4.83. The van der Waals surface area contributed by atoms with Gasteiger partial charge in [0.1, 0.15) is 12.0 Å². The third-order valence-electron chi connectivity index (χ3n) is 4.83. The van der Waals surface area contributed by atoms with Gasteiger partial charge in [0, 0.05) is 64.5 Å². The molecule has 1 aliphatic heterocycles. The summed E-state index contributed by atoms with van der Waals surface area (Å²) in [5, 5.41) is 11.4. The SMILES string of the molecule is CCNC(=NCCc1noc(-c2ccccn2)n1)N1CCN(Cc2ccon2)CC1. The van der Waals surface area contributed by atoms with Crippen molar-refractivity contribution >= 4 is 5.96 Å². The molecule has 1 aliphatic rings. The molecule has 10 nitrogen and oxygen atoms in total. The van der Waals surface area contributed by atoms with Crippen molar-refractivity contribution in [1.29, 1.82) is 0 Å². The molecule has 0 aromatic carbocycles. The Morgan fingerprint density at radius 3 is 2.80 bits per heavy atom. The van der Waals surface area contributed by atoms with Gasteiger partial charge in [0.25, 0.3) is 5.89 Å². The summed E-state index contributed by atoms with van der Waals surface area (Å²) in [6, 6.07) is 7.51. The smallest absolute Gasteiger partial charge is 0.276 e. The molecule has 158 valence electrons. The van der Waals surface area contributed by atoms with E-state index in [2.05, 4.69) is 42.3 Å². The molecule has 0 bridgehead atoms. The Labute approximate surface area is 175 Å². The number of piperazine rings is 1. The van der Waals surface area contributed by atoms with E-state index in [0.29, 0.717) is 30.4 Å². The Hall–Kier alpha value is -3.27. The van der Waals surface area contributed by atoms with Crippen LogP contribution >= 0.6 is 0 Å². The summed E-state index contributed by atoms with van der Waals surface area (Å²) in [5.41, 5.74) is 1.64. The summed E-state index contributed by atoms with van der Waals surface area (Å²) in [6.45, 7) is 8.03. The molecule has 1 N–H and O–H groups in total. The number of hydrogen-bond acceptors (Lipinski definition) is 8. The van der Waals surface area contributed by atoms with E-state index in [9.17, 15) is 0 Å². The van der Waals surface area contributed by atoms with Crippen molar-refractivity contribution in [2.75, 3.05) is 39.3 Å². The Bertz CT molecular complexity index is 917. The average molecular weight is 410 g/mol. The maximum atomic E-state index is 5.31. The van der Waals surface area contributed by atoms with Gasteiger partial charge in [0.15, 0.2) is 11.8 Å². The molecule has 1 fully saturated rings. The van der Waals surface area contributed by atoms with Crippen LogP contribution in [-0.4, -0.2) is 75.3 Å². The zero-order valence-electron chi connectivity index (χ0n) is 17.1. The summed E-state index contributed by atoms with van der Waals surface area (Å²) >= 11 is 0. The second kappa shape index (κ2) is 9.97. The van der Waals surface area contributed by atoms with Crippen molar-refractivity contribution in [2.45, 2.75) is 19.9 Å². The van der Waals surface area contributed by atoms with E-state index in [0.717, 1.165) is 50.9 Å². The van der Waals surface area contributed by atoms with Gasteiger partial charge < -0.3 is 19.3 Å². The van der Waals surface area contributed by atoms with Gasteiger partial charge in [-0.2, -0.15) is 4.98 Å². The first-order valence-electron chi connectivity index (χ1n) is 10.2. The molecule has 0 atom stereocenters. The number of rotatable bonds is 7. The van der Waals surface area contributed by atoms with Crippen LogP contribution < -0.4 is 5.32 Å². The molecular weight excluding hydrogens is 384 g/mol. The quantitative estimate of drug-likeness (QED) is 0.457. The Kier molecular flexibility index (Phi) is 6.65. The highest BCUT2D eigenvalue weighted by atomic mass is 16.5. The van der Waals surface area contributed by atoms with E-state index in [1.54, 1.807) is 12.5 Å². The van der Waals surface area contributed by atoms with Crippen molar-refractivity contribution in [3.63, 3.8) is 0 Å². The molecule has 0 amide bonds. The number of aromatic nitrogens is 4. The zero-order valence-corrected chi connectivity index (χ0v) is 17.1. The molecule has 0 unspecified atom stereocenters. The van der Waals surface area contributed by atoms with Crippen LogP contribution in [0.5, 0.6) is 0 Å². The van der Waals surface area contributed by atoms with E-state index in [1.807, 2.05) is 24.3 Å². The Balaban J connectivity index is 1.29. The van der Waals surface area contributed by atoms with Crippen LogP contribution in [0.4, 0.5) is 0 Å². The number of aliphatic imine (C=N–C) groups is 1. The fourth-order valence-corrected chi connectivity index (χ4v) is 3.30. The minimum atomic E-state index is 0.435. The van der Waals surface area contributed by atoms with E-state index in [-0.39, 0.29) is 0 Å². The van der Waals surface area contributed by atoms with Gasteiger partial charge in [-0.05, 0) is 19.1 Å². The number of nitrogens with one attached hydrogen (secondary N) is 1. The molecular formula is C20H26N8O2. The molecule has 0 radical (unpaired) electrons. The topological polar surface area (TPSA) is 109 Å². The number of nitrogens with zero attached hydrogens (tertiary/aromatic N) is 7. The van der Waals surface area contributed by atoms with Crippen LogP contribution in [0.2, 0.25) is 0 Å². The molecule has 4 heterocycles. The first-order chi connectivity index (χ1) is 14.8. The number of pyridine rings is 1. The first kappa shape index (κ1) is 20.0. The summed E-state index contributed by atoms with van der Waals surface area (Å²) in [6.07, 6.45) is 3.93.